The summed E-state index contributed by atoms with van der Waals surface area (Å²) in [5.74, 6) is -2.51. The van der Waals surface area contributed by atoms with E-state index in [0.717, 1.165) is 29.5 Å². The zero-order chi connectivity index (χ0) is 18.4. The fourth-order valence-corrected chi connectivity index (χ4v) is 2.93. The third-order valence-electron chi connectivity index (χ3n) is 3.41. The topological polar surface area (TPSA) is 55.4 Å². The summed E-state index contributed by atoms with van der Waals surface area (Å²) in [7, 11) is 1.31. The van der Waals surface area contributed by atoms with Crippen LogP contribution in [0.25, 0.3) is 0 Å². The van der Waals surface area contributed by atoms with Crippen molar-refractivity contribution in [2.45, 2.75) is 23.6 Å². The molecule has 2 rings (SSSR count). The number of thioether (sulfide) groups is 1. The van der Waals surface area contributed by atoms with Crippen LogP contribution in [-0.2, 0) is 16.1 Å². The summed E-state index contributed by atoms with van der Waals surface area (Å²) in [6.45, 7) is 1.98. The van der Waals surface area contributed by atoms with Gasteiger partial charge in [0.1, 0.15) is 0 Å². The molecule has 0 heterocycles. The van der Waals surface area contributed by atoms with Crippen LogP contribution >= 0.6 is 11.8 Å². The smallest absolute Gasteiger partial charge is 0.337 e. The van der Waals surface area contributed by atoms with E-state index in [1.54, 1.807) is 31.2 Å². The number of esters is 1. The number of methoxy groups -OCH3 is 1. The van der Waals surface area contributed by atoms with Crippen molar-refractivity contribution in [1.82, 2.24) is 5.32 Å². The van der Waals surface area contributed by atoms with Crippen LogP contribution in [0.2, 0.25) is 0 Å². The molecule has 7 heteroatoms. The molecule has 25 heavy (non-hydrogen) atoms. The predicted molar refractivity (Wildman–Crippen MR) is 91.3 cm³/mol. The number of nitrogens with one attached hydrogen (secondary N) is 1. The lowest BCUT2D eigenvalue weighted by atomic mass is 10.1. The molecule has 0 spiro atoms. The van der Waals surface area contributed by atoms with Crippen LogP contribution in [0.5, 0.6) is 0 Å². The molecule has 1 amide bonds. The van der Waals surface area contributed by atoms with E-state index in [0.29, 0.717) is 17.0 Å². The van der Waals surface area contributed by atoms with Crippen molar-refractivity contribution in [3.05, 3.63) is 65.2 Å². The van der Waals surface area contributed by atoms with Crippen LogP contribution in [-0.4, -0.2) is 24.2 Å². The van der Waals surface area contributed by atoms with Gasteiger partial charge in [0.15, 0.2) is 11.6 Å². The number of amides is 1. The number of hydrogen-bond donors (Lipinski definition) is 1. The molecule has 0 saturated carbocycles. The Morgan fingerprint density at radius 2 is 1.80 bits per heavy atom. The molecule has 2 aromatic rings. The Kier molecular flexibility index (Phi) is 6.52. The van der Waals surface area contributed by atoms with Gasteiger partial charge in [-0.3, -0.25) is 4.79 Å². The lowest BCUT2D eigenvalue weighted by Gasteiger charge is -2.12. The Morgan fingerprint density at radius 3 is 2.40 bits per heavy atom. The van der Waals surface area contributed by atoms with Gasteiger partial charge in [0, 0.05) is 11.4 Å². The first-order valence-corrected chi connectivity index (χ1v) is 8.35. The SMILES string of the molecule is COC(=O)c1ccc(CNC(=O)[C@@H](C)Sc2ccc(F)c(F)c2)cc1. The van der Waals surface area contributed by atoms with Crippen molar-refractivity contribution >= 4 is 23.6 Å². The highest BCUT2D eigenvalue weighted by atomic mass is 32.2. The van der Waals surface area contributed by atoms with Crippen molar-refractivity contribution in [1.29, 1.82) is 0 Å². The average Bonchev–Trinajstić information content (AvgIpc) is 2.62. The van der Waals surface area contributed by atoms with Gasteiger partial charge in [0.25, 0.3) is 0 Å². The molecule has 4 nitrogen and oxygen atoms in total. The highest BCUT2D eigenvalue weighted by Crippen LogP contribution is 2.25. The fraction of sp³-hybridized carbons (Fsp3) is 0.222. The molecule has 0 aliphatic carbocycles. The molecule has 132 valence electrons. The number of halogens is 2. The van der Waals surface area contributed by atoms with E-state index in [2.05, 4.69) is 10.1 Å². The summed E-state index contributed by atoms with van der Waals surface area (Å²) in [4.78, 5) is 23.9. The zero-order valence-electron chi connectivity index (χ0n) is 13.7. The minimum Gasteiger partial charge on any atom is -0.465 e. The van der Waals surface area contributed by atoms with Crippen molar-refractivity contribution in [3.8, 4) is 0 Å². The maximum Gasteiger partial charge on any atom is 0.337 e. The Hall–Kier alpha value is -2.41. The van der Waals surface area contributed by atoms with Crippen molar-refractivity contribution in [2.75, 3.05) is 7.11 Å². The minimum absolute atomic E-state index is 0.230. The Morgan fingerprint density at radius 1 is 1.12 bits per heavy atom. The number of carbonyl (C=O) groups excluding carboxylic acids is 2. The third kappa shape index (κ3) is 5.29. The second-order valence-corrected chi connectivity index (χ2v) is 6.66. The van der Waals surface area contributed by atoms with Gasteiger partial charge in [-0.1, -0.05) is 12.1 Å². The van der Waals surface area contributed by atoms with Gasteiger partial charge in [-0.05, 0) is 42.8 Å². The van der Waals surface area contributed by atoms with Crippen molar-refractivity contribution < 1.29 is 23.1 Å². The van der Waals surface area contributed by atoms with Crippen LogP contribution in [0.15, 0.2) is 47.4 Å². The molecule has 1 N–H and O–H groups in total. The van der Waals surface area contributed by atoms with E-state index in [1.165, 1.54) is 13.2 Å². The maximum atomic E-state index is 13.2. The van der Waals surface area contributed by atoms with Gasteiger partial charge < -0.3 is 10.1 Å². The third-order valence-corrected chi connectivity index (χ3v) is 4.51. The molecule has 0 radical (unpaired) electrons. The number of hydrogen-bond acceptors (Lipinski definition) is 4. The number of rotatable bonds is 6. The lowest BCUT2D eigenvalue weighted by Crippen LogP contribution is -2.30. The van der Waals surface area contributed by atoms with Crippen LogP contribution in [0.4, 0.5) is 8.78 Å². The number of ether oxygens (including phenoxy) is 1. The molecule has 1 atom stereocenters. The average molecular weight is 365 g/mol. The van der Waals surface area contributed by atoms with Gasteiger partial charge >= 0.3 is 5.97 Å². The van der Waals surface area contributed by atoms with E-state index >= 15 is 0 Å². The van der Waals surface area contributed by atoms with E-state index in [9.17, 15) is 18.4 Å². The van der Waals surface area contributed by atoms with Crippen LogP contribution in [0, 0.1) is 11.6 Å². The Bertz CT molecular complexity index is 765. The Balaban J connectivity index is 1.88. The summed E-state index contributed by atoms with van der Waals surface area (Å²) >= 11 is 1.14. The largest absolute Gasteiger partial charge is 0.465 e. The molecule has 0 saturated heterocycles. The maximum absolute atomic E-state index is 13.2. The summed E-state index contributed by atoms with van der Waals surface area (Å²) in [6, 6.07) is 10.2. The fourth-order valence-electron chi connectivity index (χ4n) is 2.02. The second-order valence-electron chi connectivity index (χ2n) is 5.24. The molecular formula is C18H17F2NO3S. The first-order chi connectivity index (χ1) is 11.9. The van der Waals surface area contributed by atoms with Crippen molar-refractivity contribution in [2.24, 2.45) is 0 Å². The second kappa shape index (κ2) is 8.62. The summed E-state index contributed by atoms with van der Waals surface area (Å²) in [5.41, 5.74) is 1.26. The molecule has 2 aromatic carbocycles. The summed E-state index contributed by atoms with van der Waals surface area (Å²) in [5, 5.41) is 2.29. The van der Waals surface area contributed by atoms with Crippen LogP contribution in [0.3, 0.4) is 0 Å². The summed E-state index contributed by atoms with van der Waals surface area (Å²) < 4.78 is 30.7. The first-order valence-electron chi connectivity index (χ1n) is 7.47. The van der Waals surface area contributed by atoms with Crippen LogP contribution < -0.4 is 5.32 Å². The normalized spacial score (nSPS) is 11.7. The van der Waals surface area contributed by atoms with Gasteiger partial charge in [0.2, 0.25) is 5.91 Å². The molecule has 0 aromatic heterocycles. The van der Waals surface area contributed by atoms with Gasteiger partial charge in [-0.2, -0.15) is 0 Å². The molecular weight excluding hydrogens is 348 g/mol. The van der Waals surface area contributed by atoms with Gasteiger partial charge in [0.05, 0.1) is 17.9 Å². The minimum atomic E-state index is -0.941. The first kappa shape index (κ1) is 18.9. The van der Waals surface area contributed by atoms with Crippen LogP contribution in [0.1, 0.15) is 22.8 Å². The van der Waals surface area contributed by atoms with E-state index in [1.807, 2.05) is 0 Å². The molecule has 0 aliphatic heterocycles. The van der Waals surface area contributed by atoms with E-state index in [-0.39, 0.29) is 5.91 Å². The van der Waals surface area contributed by atoms with E-state index in [4.69, 9.17) is 0 Å². The standard InChI is InChI=1S/C18H17F2NO3S/c1-11(25-14-7-8-15(19)16(20)9-14)17(22)21-10-12-3-5-13(6-4-12)18(23)24-2/h3-9,11H,10H2,1-2H3,(H,21,22)/t11-/m1/s1. The predicted octanol–water partition coefficient (Wildman–Crippen LogP) is 3.55. The highest BCUT2D eigenvalue weighted by molar-refractivity contribution is 8.00. The number of benzene rings is 2. The summed E-state index contributed by atoms with van der Waals surface area (Å²) in [6.07, 6.45) is 0. The molecule has 0 unspecified atom stereocenters. The van der Waals surface area contributed by atoms with Gasteiger partial charge in [-0.25, -0.2) is 13.6 Å². The zero-order valence-corrected chi connectivity index (χ0v) is 14.5. The molecule has 0 fully saturated rings. The lowest BCUT2D eigenvalue weighted by molar-refractivity contribution is -0.120. The quantitative estimate of drug-likeness (QED) is 0.628. The van der Waals surface area contributed by atoms with E-state index < -0.39 is 22.9 Å². The molecule has 0 aliphatic rings. The highest BCUT2D eigenvalue weighted by Gasteiger charge is 2.15. The number of carbonyl (C=O) groups is 2. The van der Waals surface area contributed by atoms with Crippen molar-refractivity contribution in [3.63, 3.8) is 0 Å². The monoisotopic (exact) mass is 365 g/mol. The Labute approximate surface area is 148 Å². The molecule has 0 bridgehead atoms. The van der Waals surface area contributed by atoms with Gasteiger partial charge in [-0.15, -0.1) is 11.8 Å².